The molecule has 2 N–H and O–H groups in total. The number of hydrogen-bond donors (Lipinski definition) is 2. The molecular formula is C9H9NOS2. The molecule has 0 bridgehead atoms. The molecule has 1 aromatic carbocycles. The Morgan fingerprint density at radius 1 is 1.38 bits per heavy atom. The molecule has 13 heavy (non-hydrogen) atoms. The summed E-state index contributed by atoms with van der Waals surface area (Å²) in [6.07, 6.45) is 0. The quantitative estimate of drug-likeness (QED) is 0.689. The van der Waals surface area contributed by atoms with Gasteiger partial charge < -0.3 is 10.4 Å². The van der Waals surface area contributed by atoms with Gasteiger partial charge in [-0.2, -0.15) is 0 Å². The molecule has 1 aliphatic rings. The maximum Gasteiger partial charge on any atom is 0.172 e. The van der Waals surface area contributed by atoms with Crippen molar-refractivity contribution in [1.82, 2.24) is 5.32 Å². The molecule has 0 amide bonds. The molecule has 1 saturated heterocycles. The van der Waals surface area contributed by atoms with Gasteiger partial charge in [-0.15, -0.1) is 0 Å². The number of rotatable bonds is 1. The molecular weight excluding hydrogens is 202 g/mol. The minimum Gasteiger partial charge on any atom is -0.366 e. The van der Waals surface area contributed by atoms with E-state index in [9.17, 15) is 5.11 Å². The van der Waals surface area contributed by atoms with E-state index < -0.39 is 5.72 Å². The Morgan fingerprint density at radius 3 is 2.62 bits per heavy atom. The third-order valence-corrected chi connectivity index (χ3v) is 3.35. The van der Waals surface area contributed by atoms with Crippen molar-refractivity contribution in [2.45, 2.75) is 5.72 Å². The molecule has 2 rings (SSSR count). The minimum atomic E-state index is -0.969. The summed E-state index contributed by atoms with van der Waals surface area (Å²) in [7, 11) is 0. The molecule has 0 spiro atoms. The van der Waals surface area contributed by atoms with Gasteiger partial charge in [0.1, 0.15) is 4.32 Å². The van der Waals surface area contributed by atoms with Gasteiger partial charge in [-0.1, -0.05) is 54.3 Å². The van der Waals surface area contributed by atoms with Gasteiger partial charge in [0.2, 0.25) is 0 Å². The van der Waals surface area contributed by atoms with Crippen molar-refractivity contribution >= 4 is 28.3 Å². The number of hydrogen-bond acceptors (Lipinski definition) is 3. The van der Waals surface area contributed by atoms with Crippen LogP contribution in [0.15, 0.2) is 30.3 Å². The van der Waals surface area contributed by atoms with Gasteiger partial charge >= 0.3 is 0 Å². The highest BCUT2D eigenvalue weighted by atomic mass is 32.2. The zero-order valence-corrected chi connectivity index (χ0v) is 8.49. The second kappa shape index (κ2) is 3.29. The first kappa shape index (κ1) is 8.99. The Bertz CT molecular complexity index is 328. The molecule has 68 valence electrons. The molecule has 4 heteroatoms. The molecule has 0 saturated carbocycles. The lowest BCUT2D eigenvalue weighted by atomic mass is 10.1. The highest BCUT2D eigenvalue weighted by molar-refractivity contribution is 8.23. The van der Waals surface area contributed by atoms with Gasteiger partial charge in [0.15, 0.2) is 5.72 Å². The molecule has 1 aliphatic heterocycles. The summed E-state index contributed by atoms with van der Waals surface area (Å²) in [5.41, 5.74) is -0.106. The molecule has 1 unspecified atom stereocenters. The molecule has 1 heterocycles. The largest absolute Gasteiger partial charge is 0.366 e. The van der Waals surface area contributed by atoms with E-state index >= 15 is 0 Å². The van der Waals surface area contributed by atoms with Crippen molar-refractivity contribution in [3.05, 3.63) is 35.9 Å². The first-order chi connectivity index (χ1) is 6.21. The van der Waals surface area contributed by atoms with Crippen molar-refractivity contribution < 1.29 is 5.11 Å². The van der Waals surface area contributed by atoms with E-state index in [1.54, 1.807) is 0 Å². The summed E-state index contributed by atoms with van der Waals surface area (Å²) < 4.78 is 0.659. The maximum atomic E-state index is 10.1. The summed E-state index contributed by atoms with van der Waals surface area (Å²) in [4.78, 5) is 0. The van der Waals surface area contributed by atoms with Crippen molar-refractivity contribution in [1.29, 1.82) is 0 Å². The minimum absolute atomic E-state index is 0.579. The van der Waals surface area contributed by atoms with Crippen molar-refractivity contribution in [3.63, 3.8) is 0 Å². The number of thioether (sulfide) groups is 1. The lowest BCUT2D eigenvalue weighted by molar-refractivity contribution is 0.0517. The Balaban J connectivity index is 2.31. The molecule has 1 fully saturated rings. The van der Waals surface area contributed by atoms with E-state index in [2.05, 4.69) is 5.32 Å². The molecule has 0 aliphatic carbocycles. The van der Waals surface area contributed by atoms with Crippen molar-refractivity contribution in [3.8, 4) is 0 Å². The van der Waals surface area contributed by atoms with Crippen LogP contribution in [0.1, 0.15) is 5.56 Å². The Kier molecular flexibility index (Phi) is 2.27. The number of nitrogens with one attached hydrogen (secondary N) is 1. The number of thiocarbonyl (C=S) groups is 1. The third kappa shape index (κ3) is 1.70. The van der Waals surface area contributed by atoms with Crippen LogP contribution in [-0.2, 0) is 5.72 Å². The van der Waals surface area contributed by atoms with Gasteiger partial charge in [0.05, 0.1) is 5.75 Å². The van der Waals surface area contributed by atoms with Crippen LogP contribution in [-0.4, -0.2) is 15.2 Å². The molecule has 1 aromatic rings. The maximum absolute atomic E-state index is 10.1. The zero-order valence-electron chi connectivity index (χ0n) is 6.86. The van der Waals surface area contributed by atoms with E-state index in [0.717, 1.165) is 5.56 Å². The van der Waals surface area contributed by atoms with Crippen LogP contribution in [0, 0.1) is 0 Å². The Labute approximate surface area is 86.3 Å². The van der Waals surface area contributed by atoms with Crippen LogP contribution in [0.3, 0.4) is 0 Å². The Hall–Kier alpha value is -0.580. The van der Waals surface area contributed by atoms with Crippen LogP contribution in [0.25, 0.3) is 0 Å². The van der Waals surface area contributed by atoms with Crippen LogP contribution < -0.4 is 5.32 Å². The van der Waals surface area contributed by atoms with Crippen LogP contribution >= 0.6 is 24.0 Å². The lowest BCUT2D eigenvalue weighted by Crippen LogP contribution is -2.39. The van der Waals surface area contributed by atoms with E-state index in [-0.39, 0.29) is 0 Å². The second-order valence-corrected chi connectivity index (χ2v) is 4.58. The smallest absolute Gasteiger partial charge is 0.172 e. The van der Waals surface area contributed by atoms with Gasteiger partial charge in [0.25, 0.3) is 0 Å². The first-order valence-electron chi connectivity index (χ1n) is 3.93. The second-order valence-electron chi connectivity index (χ2n) is 2.93. The zero-order chi connectivity index (χ0) is 9.31. The van der Waals surface area contributed by atoms with E-state index in [4.69, 9.17) is 12.2 Å². The fourth-order valence-electron chi connectivity index (χ4n) is 1.28. The summed E-state index contributed by atoms with van der Waals surface area (Å²) >= 11 is 6.43. The topological polar surface area (TPSA) is 32.3 Å². The van der Waals surface area contributed by atoms with Crippen LogP contribution in [0.2, 0.25) is 0 Å². The molecule has 2 nitrogen and oxygen atoms in total. The van der Waals surface area contributed by atoms with E-state index in [1.165, 1.54) is 11.8 Å². The predicted molar refractivity (Wildman–Crippen MR) is 58.5 cm³/mol. The average molecular weight is 211 g/mol. The van der Waals surface area contributed by atoms with Gasteiger partial charge in [-0.25, -0.2) is 0 Å². The molecule has 0 radical (unpaired) electrons. The normalized spacial score (nSPS) is 27.3. The third-order valence-electron chi connectivity index (χ3n) is 1.97. The summed E-state index contributed by atoms with van der Waals surface area (Å²) in [6.45, 7) is 0. The van der Waals surface area contributed by atoms with Crippen LogP contribution in [0.5, 0.6) is 0 Å². The summed E-state index contributed by atoms with van der Waals surface area (Å²) in [5, 5.41) is 13.0. The SMILES string of the molecule is OC1(c2ccccc2)CSC(=S)N1. The molecule has 0 aromatic heterocycles. The van der Waals surface area contributed by atoms with Gasteiger partial charge in [0, 0.05) is 5.56 Å². The number of aliphatic hydroxyl groups is 1. The predicted octanol–water partition coefficient (Wildman–Crippen LogP) is 1.45. The standard InChI is InChI=1S/C9H9NOS2/c11-9(6-13-8(12)10-9)7-4-2-1-3-5-7/h1-5,11H,6H2,(H,10,12). The highest BCUT2D eigenvalue weighted by Crippen LogP contribution is 2.29. The summed E-state index contributed by atoms with van der Waals surface area (Å²) in [5.74, 6) is 0.579. The monoisotopic (exact) mass is 211 g/mol. The van der Waals surface area contributed by atoms with Crippen LogP contribution in [0.4, 0.5) is 0 Å². The van der Waals surface area contributed by atoms with Crippen molar-refractivity contribution in [2.75, 3.05) is 5.75 Å². The fraction of sp³-hybridized carbons (Fsp3) is 0.222. The lowest BCUT2D eigenvalue weighted by Gasteiger charge is -2.22. The van der Waals surface area contributed by atoms with E-state index in [1.807, 2.05) is 30.3 Å². The molecule has 1 atom stereocenters. The van der Waals surface area contributed by atoms with Crippen molar-refractivity contribution in [2.24, 2.45) is 0 Å². The average Bonchev–Trinajstić information content (AvgIpc) is 2.49. The fourth-order valence-corrected chi connectivity index (χ4v) is 2.45. The number of benzene rings is 1. The van der Waals surface area contributed by atoms with Gasteiger partial charge in [-0.05, 0) is 0 Å². The van der Waals surface area contributed by atoms with Gasteiger partial charge in [-0.3, -0.25) is 0 Å². The summed E-state index contributed by atoms with van der Waals surface area (Å²) in [6, 6.07) is 9.51. The highest BCUT2D eigenvalue weighted by Gasteiger charge is 2.35. The Morgan fingerprint density at radius 2 is 2.08 bits per heavy atom. The van der Waals surface area contributed by atoms with E-state index in [0.29, 0.717) is 10.1 Å². The first-order valence-corrected chi connectivity index (χ1v) is 5.33.